The number of anilines is 2. The number of amides is 1. The number of hydrogen-bond acceptors (Lipinski definition) is 5. The summed E-state index contributed by atoms with van der Waals surface area (Å²) in [6.45, 7) is 1.84. The summed E-state index contributed by atoms with van der Waals surface area (Å²) < 4.78 is 32.7. The van der Waals surface area contributed by atoms with Crippen LogP contribution in [0.3, 0.4) is 0 Å². The molecule has 0 heterocycles. The van der Waals surface area contributed by atoms with Crippen molar-refractivity contribution in [1.82, 2.24) is 5.32 Å². The van der Waals surface area contributed by atoms with Crippen LogP contribution in [0.5, 0.6) is 5.75 Å². The zero-order valence-corrected chi connectivity index (χ0v) is 18.5. The van der Waals surface area contributed by atoms with Gasteiger partial charge in [0, 0.05) is 16.9 Å². The van der Waals surface area contributed by atoms with Gasteiger partial charge in [-0.15, -0.1) is 0 Å². The van der Waals surface area contributed by atoms with E-state index in [4.69, 9.17) is 17.0 Å². The molecule has 9 heteroatoms. The molecule has 0 saturated carbocycles. The molecule has 0 unspecified atom stereocenters. The number of carbonyl (C=O) groups is 1. The molecule has 0 aromatic heterocycles. The first-order chi connectivity index (χ1) is 14.8. The first-order valence-electron chi connectivity index (χ1n) is 9.23. The van der Waals surface area contributed by atoms with Crippen molar-refractivity contribution in [2.75, 3.05) is 17.1 Å². The number of methoxy groups -OCH3 is 1. The molecule has 0 saturated heterocycles. The third kappa shape index (κ3) is 5.80. The smallest absolute Gasteiger partial charge is 0.261 e. The van der Waals surface area contributed by atoms with Crippen LogP contribution in [0.1, 0.15) is 15.9 Å². The van der Waals surface area contributed by atoms with Crippen molar-refractivity contribution >= 4 is 44.6 Å². The van der Waals surface area contributed by atoms with Crippen LogP contribution in [0.2, 0.25) is 0 Å². The predicted octanol–water partition coefficient (Wildman–Crippen LogP) is 3.93. The lowest BCUT2D eigenvalue weighted by molar-refractivity contribution is 0.0977. The molecule has 3 aromatic rings. The molecule has 0 atom stereocenters. The largest absolute Gasteiger partial charge is 0.497 e. The Hall–Kier alpha value is -3.43. The lowest BCUT2D eigenvalue weighted by atomic mass is 10.1. The van der Waals surface area contributed by atoms with E-state index < -0.39 is 10.0 Å². The zero-order chi connectivity index (χ0) is 22.4. The first kappa shape index (κ1) is 22.3. The molecule has 0 aliphatic heterocycles. The van der Waals surface area contributed by atoms with Crippen LogP contribution in [-0.4, -0.2) is 26.5 Å². The van der Waals surface area contributed by atoms with Gasteiger partial charge in [-0.3, -0.25) is 14.8 Å². The van der Waals surface area contributed by atoms with E-state index in [2.05, 4.69) is 15.4 Å². The van der Waals surface area contributed by atoms with E-state index >= 15 is 0 Å². The molecule has 160 valence electrons. The summed E-state index contributed by atoms with van der Waals surface area (Å²) >= 11 is 5.19. The van der Waals surface area contributed by atoms with Crippen molar-refractivity contribution in [2.24, 2.45) is 0 Å². The second-order valence-corrected chi connectivity index (χ2v) is 8.67. The van der Waals surface area contributed by atoms with E-state index in [1.165, 1.54) is 19.2 Å². The molecular formula is C22H21N3O4S2. The molecule has 31 heavy (non-hydrogen) atoms. The number of hydrogen-bond donors (Lipinski definition) is 3. The number of thiocarbonyl (C=S) groups is 1. The van der Waals surface area contributed by atoms with Crippen molar-refractivity contribution < 1.29 is 17.9 Å². The molecule has 0 aliphatic rings. The Morgan fingerprint density at radius 2 is 1.52 bits per heavy atom. The Morgan fingerprint density at radius 3 is 2.13 bits per heavy atom. The summed E-state index contributed by atoms with van der Waals surface area (Å²) in [6.07, 6.45) is 0. The molecule has 0 aliphatic carbocycles. The van der Waals surface area contributed by atoms with E-state index in [1.807, 2.05) is 19.1 Å². The molecule has 0 spiro atoms. The zero-order valence-electron chi connectivity index (χ0n) is 16.9. The van der Waals surface area contributed by atoms with Crippen LogP contribution < -0.4 is 20.1 Å². The van der Waals surface area contributed by atoms with Crippen LogP contribution in [-0.2, 0) is 10.0 Å². The van der Waals surface area contributed by atoms with Gasteiger partial charge in [-0.05, 0) is 79.3 Å². The normalized spacial score (nSPS) is 10.8. The quantitative estimate of drug-likeness (QED) is 0.488. The summed E-state index contributed by atoms with van der Waals surface area (Å²) in [5, 5.41) is 5.60. The van der Waals surface area contributed by atoms with Crippen molar-refractivity contribution in [3.05, 3.63) is 83.9 Å². The van der Waals surface area contributed by atoms with Gasteiger partial charge in [-0.1, -0.05) is 18.2 Å². The summed E-state index contributed by atoms with van der Waals surface area (Å²) in [5.41, 5.74) is 2.32. The average molecular weight is 456 g/mol. The summed E-state index contributed by atoms with van der Waals surface area (Å²) in [7, 11) is -2.22. The average Bonchev–Trinajstić information content (AvgIpc) is 2.74. The van der Waals surface area contributed by atoms with E-state index in [0.717, 1.165) is 5.56 Å². The number of aryl methyl sites for hydroxylation is 1. The minimum Gasteiger partial charge on any atom is -0.497 e. The molecule has 0 bridgehead atoms. The van der Waals surface area contributed by atoms with Crippen LogP contribution in [0.15, 0.2) is 77.7 Å². The van der Waals surface area contributed by atoms with E-state index in [9.17, 15) is 13.2 Å². The van der Waals surface area contributed by atoms with Crippen molar-refractivity contribution in [3.8, 4) is 5.75 Å². The fourth-order valence-corrected chi connectivity index (χ4v) is 4.02. The molecular weight excluding hydrogens is 434 g/mol. The van der Waals surface area contributed by atoms with Gasteiger partial charge in [-0.25, -0.2) is 8.42 Å². The van der Waals surface area contributed by atoms with Crippen LogP contribution in [0.25, 0.3) is 0 Å². The Balaban J connectivity index is 1.63. The second kappa shape index (κ2) is 9.59. The maximum atomic E-state index is 12.6. The number of ether oxygens (including phenoxy) is 1. The molecule has 7 nitrogen and oxygen atoms in total. The standard InChI is InChI=1S/C22H21N3O4S2/c1-15-5-3-4-6-20(15)21(26)24-22(30)23-16-9-13-19(14-10-16)31(27,28)25-17-7-11-18(29-2)12-8-17/h3-14,25H,1-2H3,(H2,23,24,26,30). The SMILES string of the molecule is COc1ccc(NS(=O)(=O)c2ccc(NC(=S)NC(=O)c3ccccc3C)cc2)cc1. The summed E-state index contributed by atoms with van der Waals surface area (Å²) in [5.74, 6) is 0.308. The van der Waals surface area contributed by atoms with Crippen molar-refractivity contribution in [2.45, 2.75) is 11.8 Å². The summed E-state index contributed by atoms with van der Waals surface area (Å²) in [6, 6.07) is 19.7. The minimum atomic E-state index is -3.76. The first-order valence-corrected chi connectivity index (χ1v) is 11.1. The van der Waals surface area contributed by atoms with Gasteiger partial charge in [0.25, 0.3) is 15.9 Å². The Labute approximate surface area is 186 Å². The highest BCUT2D eigenvalue weighted by atomic mass is 32.2. The number of carbonyl (C=O) groups excluding carboxylic acids is 1. The highest BCUT2D eigenvalue weighted by molar-refractivity contribution is 7.92. The predicted molar refractivity (Wildman–Crippen MR) is 125 cm³/mol. The Bertz CT molecular complexity index is 1190. The maximum Gasteiger partial charge on any atom is 0.261 e. The lowest BCUT2D eigenvalue weighted by Crippen LogP contribution is -2.34. The number of nitrogens with one attached hydrogen (secondary N) is 3. The lowest BCUT2D eigenvalue weighted by Gasteiger charge is -2.12. The van der Waals surface area contributed by atoms with Gasteiger partial charge < -0.3 is 10.1 Å². The number of sulfonamides is 1. The fraction of sp³-hybridized carbons (Fsp3) is 0.0909. The minimum absolute atomic E-state index is 0.0868. The van der Waals surface area contributed by atoms with Gasteiger partial charge in [0.15, 0.2) is 5.11 Å². The highest BCUT2D eigenvalue weighted by Crippen LogP contribution is 2.20. The molecule has 3 N–H and O–H groups in total. The van der Waals surface area contributed by atoms with Gasteiger partial charge in [-0.2, -0.15) is 0 Å². The third-order valence-electron chi connectivity index (χ3n) is 4.38. The van der Waals surface area contributed by atoms with E-state index in [-0.39, 0.29) is 15.9 Å². The van der Waals surface area contributed by atoms with Crippen molar-refractivity contribution in [3.63, 3.8) is 0 Å². The molecule has 0 fully saturated rings. The highest BCUT2D eigenvalue weighted by Gasteiger charge is 2.15. The van der Waals surface area contributed by atoms with Gasteiger partial charge in [0.1, 0.15) is 5.75 Å². The van der Waals surface area contributed by atoms with Crippen LogP contribution in [0.4, 0.5) is 11.4 Å². The third-order valence-corrected chi connectivity index (χ3v) is 5.98. The van der Waals surface area contributed by atoms with Crippen LogP contribution >= 0.6 is 12.2 Å². The Morgan fingerprint density at radius 1 is 0.903 bits per heavy atom. The van der Waals surface area contributed by atoms with Gasteiger partial charge >= 0.3 is 0 Å². The number of benzene rings is 3. The van der Waals surface area contributed by atoms with Gasteiger partial charge in [0.2, 0.25) is 0 Å². The van der Waals surface area contributed by atoms with Crippen molar-refractivity contribution in [1.29, 1.82) is 0 Å². The van der Waals surface area contributed by atoms with Crippen LogP contribution in [0, 0.1) is 6.92 Å². The molecule has 0 radical (unpaired) electrons. The second-order valence-electron chi connectivity index (χ2n) is 6.58. The van der Waals surface area contributed by atoms with E-state index in [0.29, 0.717) is 22.7 Å². The maximum absolute atomic E-state index is 12.6. The topological polar surface area (TPSA) is 96.5 Å². The molecule has 1 amide bonds. The Kier molecular flexibility index (Phi) is 6.88. The monoisotopic (exact) mass is 455 g/mol. The molecule has 3 aromatic carbocycles. The molecule has 3 rings (SSSR count). The number of rotatable bonds is 6. The van der Waals surface area contributed by atoms with E-state index in [1.54, 1.807) is 48.5 Å². The fourth-order valence-electron chi connectivity index (χ4n) is 2.75. The summed E-state index contributed by atoms with van der Waals surface area (Å²) in [4.78, 5) is 12.4. The van der Waals surface area contributed by atoms with Gasteiger partial charge in [0.05, 0.1) is 12.0 Å².